The second-order valence-electron chi connectivity index (χ2n) is 8.85. The van der Waals surface area contributed by atoms with Gasteiger partial charge in [0.05, 0.1) is 0 Å². The number of carboxylic acids is 1. The van der Waals surface area contributed by atoms with E-state index in [4.69, 9.17) is 4.74 Å². The first-order valence-electron chi connectivity index (χ1n) is 11.5. The second-order valence-corrected chi connectivity index (χ2v) is 8.85. The number of hydrogen-bond donors (Lipinski definition) is 2. The van der Waals surface area contributed by atoms with Gasteiger partial charge in [-0.2, -0.15) is 0 Å². The van der Waals surface area contributed by atoms with E-state index in [1.165, 1.54) is 4.90 Å². The first-order chi connectivity index (χ1) is 16.8. The molecular formula is C28H28N2O5. The number of carbonyl (C=O) groups excluding carboxylic acids is 2. The quantitative estimate of drug-likeness (QED) is 0.487. The summed E-state index contributed by atoms with van der Waals surface area (Å²) in [5, 5.41) is 11.9. The van der Waals surface area contributed by atoms with Gasteiger partial charge in [0.1, 0.15) is 13.2 Å². The van der Waals surface area contributed by atoms with Gasteiger partial charge in [0.2, 0.25) is 0 Å². The molecule has 0 fully saturated rings. The molecule has 0 atom stereocenters. The van der Waals surface area contributed by atoms with Crippen molar-refractivity contribution < 1.29 is 24.2 Å². The molecule has 7 heteroatoms. The molecule has 1 aliphatic rings. The normalized spacial score (nSPS) is 12.1. The van der Waals surface area contributed by atoms with Crippen molar-refractivity contribution in [1.29, 1.82) is 0 Å². The third-order valence-corrected chi connectivity index (χ3v) is 6.33. The SMILES string of the molecule is Cc1c(NC(=O)OCC2c3ccccc3-c3ccccc32)cccc1C(=O)N(CC(=O)O)C(C)C. The van der Waals surface area contributed by atoms with Crippen LogP contribution in [0, 0.1) is 6.92 Å². The van der Waals surface area contributed by atoms with Gasteiger partial charge in [0.25, 0.3) is 5.91 Å². The molecule has 0 spiro atoms. The van der Waals surface area contributed by atoms with Gasteiger partial charge in [-0.05, 0) is 60.7 Å². The Kier molecular flexibility index (Phi) is 6.87. The zero-order valence-corrected chi connectivity index (χ0v) is 19.9. The van der Waals surface area contributed by atoms with E-state index in [0.717, 1.165) is 22.3 Å². The highest BCUT2D eigenvalue weighted by Crippen LogP contribution is 2.44. The maximum Gasteiger partial charge on any atom is 0.411 e. The topological polar surface area (TPSA) is 95.9 Å². The van der Waals surface area contributed by atoms with Gasteiger partial charge in [-0.3, -0.25) is 14.9 Å². The molecule has 3 aromatic carbocycles. The number of rotatable bonds is 7. The fourth-order valence-electron chi connectivity index (χ4n) is 4.54. The van der Waals surface area contributed by atoms with Crippen LogP contribution in [0.1, 0.15) is 46.8 Å². The molecule has 0 saturated heterocycles. The van der Waals surface area contributed by atoms with E-state index < -0.39 is 24.5 Å². The first kappa shape index (κ1) is 24.0. The van der Waals surface area contributed by atoms with E-state index in [2.05, 4.69) is 29.6 Å². The Morgan fingerprint density at radius 1 is 0.943 bits per heavy atom. The highest BCUT2D eigenvalue weighted by atomic mass is 16.5. The van der Waals surface area contributed by atoms with Crippen LogP contribution in [-0.2, 0) is 9.53 Å². The Morgan fingerprint density at radius 3 is 2.11 bits per heavy atom. The van der Waals surface area contributed by atoms with Crippen molar-refractivity contribution in [2.24, 2.45) is 0 Å². The number of anilines is 1. The highest BCUT2D eigenvalue weighted by Gasteiger charge is 2.29. The molecule has 4 rings (SSSR count). The van der Waals surface area contributed by atoms with Crippen molar-refractivity contribution in [2.75, 3.05) is 18.5 Å². The monoisotopic (exact) mass is 472 g/mol. The van der Waals surface area contributed by atoms with Gasteiger partial charge in [-0.25, -0.2) is 4.79 Å². The number of carboxylic acid groups (broad SMARTS) is 1. The minimum absolute atomic E-state index is 0.0576. The summed E-state index contributed by atoms with van der Waals surface area (Å²) in [4.78, 5) is 38.2. The Hall–Kier alpha value is -4.13. The van der Waals surface area contributed by atoms with Crippen molar-refractivity contribution in [2.45, 2.75) is 32.7 Å². The average Bonchev–Trinajstić information content (AvgIpc) is 3.15. The molecule has 0 radical (unpaired) electrons. The highest BCUT2D eigenvalue weighted by molar-refractivity contribution is 5.99. The third kappa shape index (κ3) is 4.89. The minimum atomic E-state index is -1.09. The van der Waals surface area contributed by atoms with Gasteiger partial charge < -0.3 is 14.7 Å². The second kappa shape index (κ2) is 10.0. The van der Waals surface area contributed by atoms with Crippen LogP contribution >= 0.6 is 0 Å². The zero-order valence-electron chi connectivity index (χ0n) is 19.9. The van der Waals surface area contributed by atoms with E-state index in [9.17, 15) is 19.5 Å². The summed E-state index contributed by atoms with van der Waals surface area (Å²) in [6, 6.07) is 20.9. The number of ether oxygens (including phenoxy) is 1. The van der Waals surface area contributed by atoms with Crippen molar-refractivity contribution in [3.05, 3.63) is 89.0 Å². The lowest BCUT2D eigenvalue weighted by Crippen LogP contribution is -2.41. The van der Waals surface area contributed by atoms with E-state index in [-0.39, 0.29) is 18.6 Å². The molecule has 0 saturated carbocycles. The number of amides is 2. The molecule has 180 valence electrons. The van der Waals surface area contributed by atoms with Crippen LogP contribution in [0.15, 0.2) is 66.7 Å². The fraction of sp³-hybridized carbons (Fsp3) is 0.250. The molecule has 1 aliphatic carbocycles. The maximum absolute atomic E-state index is 13.0. The summed E-state index contributed by atoms with van der Waals surface area (Å²) < 4.78 is 5.61. The van der Waals surface area contributed by atoms with E-state index in [0.29, 0.717) is 16.8 Å². The van der Waals surface area contributed by atoms with Crippen LogP contribution in [0.3, 0.4) is 0 Å². The van der Waals surface area contributed by atoms with E-state index in [1.54, 1.807) is 39.0 Å². The predicted octanol–water partition coefficient (Wildman–Crippen LogP) is 5.29. The molecule has 7 nitrogen and oxygen atoms in total. The van der Waals surface area contributed by atoms with Crippen molar-refractivity contribution in [3.8, 4) is 11.1 Å². The lowest BCUT2D eigenvalue weighted by molar-refractivity contribution is -0.138. The number of hydrogen-bond acceptors (Lipinski definition) is 4. The summed E-state index contributed by atoms with van der Waals surface area (Å²) in [6.45, 7) is 5.01. The molecule has 2 amide bonds. The van der Waals surface area contributed by atoms with Gasteiger partial charge >= 0.3 is 12.1 Å². The van der Waals surface area contributed by atoms with Gasteiger partial charge in [0.15, 0.2) is 0 Å². The zero-order chi connectivity index (χ0) is 25.1. The summed E-state index contributed by atoms with van der Waals surface area (Å²) in [5.74, 6) is -1.55. The predicted molar refractivity (Wildman–Crippen MR) is 134 cm³/mol. The molecule has 0 bridgehead atoms. The molecule has 2 N–H and O–H groups in total. The Morgan fingerprint density at radius 2 is 1.54 bits per heavy atom. The lowest BCUT2D eigenvalue weighted by Gasteiger charge is -2.26. The number of aliphatic carboxylic acids is 1. The Labute approximate surface area is 204 Å². The number of nitrogens with zero attached hydrogens (tertiary/aromatic N) is 1. The lowest BCUT2D eigenvalue weighted by atomic mass is 9.98. The molecule has 0 heterocycles. The van der Waals surface area contributed by atoms with E-state index in [1.807, 2.05) is 24.3 Å². The summed E-state index contributed by atoms with van der Waals surface area (Å²) in [5.41, 5.74) is 5.85. The van der Waals surface area contributed by atoms with Gasteiger partial charge in [-0.15, -0.1) is 0 Å². The van der Waals surface area contributed by atoms with Crippen molar-refractivity contribution in [3.63, 3.8) is 0 Å². The van der Waals surface area contributed by atoms with Crippen LogP contribution in [0.2, 0.25) is 0 Å². The maximum atomic E-state index is 13.0. The molecular weight excluding hydrogens is 444 g/mol. The smallest absolute Gasteiger partial charge is 0.411 e. The Balaban J connectivity index is 1.48. The fourth-order valence-corrected chi connectivity index (χ4v) is 4.54. The molecule has 3 aromatic rings. The molecule has 0 aromatic heterocycles. The van der Waals surface area contributed by atoms with Crippen LogP contribution < -0.4 is 5.32 Å². The van der Waals surface area contributed by atoms with Crippen molar-refractivity contribution >= 4 is 23.7 Å². The largest absolute Gasteiger partial charge is 0.480 e. The van der Waals surface area contributed by atoms with E-state index >= 15 is 0 Å². The number of fused-ring (bicyclic) bond motifs is 3. The van der Waals surface area contributed by atoms with Crippen LogP contribution in [-0.4, -0.2) is 47.2 Å². The van der Waals surface area contributed by atoms with Crippen molar-refractivity contribution in [1.82, 2.24) is 4.90 Å². The Bertz CT molecular complexity index is 1240. The first-order valence-corrected chi connectivity index (χ1v) is 11.5. The van der Waals surface area contributed by atoms with Crippen LogP contribution in [0.5, 0.6) is 0 Å². The average molecular weight is 473 g/mol. The number of carbonyl (C=O) groups is 3. The third-order valence-electron chi connectivity index (χ3n) is 6.33. The number of benzene rings is 3. The minimum Gasteiger partial charge on any atom is -0.480 e. The standard InChI is InChI=1S/C28H28N2O5/c1-17(2)30(15-26(31)32)27(33)19-13-8-14-25(18(19)3)29-28(34)35-16-24-22-11-6-4-9-20(22)21-10-5-7-12-23(21)24/h4-14,17,24H,15-16H2,1-3H3,(H,29,34)(H,31,32). The summed E-state index contributed by atoms with van der Waals surface area (Å²) >= 11 is 0. The van der Waals surface area contributed by atoms with Crippen LogP contribution in [0.4, 0.5) is 10.5 Å². The molecule has 0 unspecified atom stereocenters. The molecule has 35 heavy (non-hydrogen) atoms. The van der Waals surface area contributed by atoms with Crippen LogP contribution in [0.25, 0.3) is 11.1 Å². The van der Waals surface area contributed by atoms with Gasteiger partial charge in [0, 0.05) is 23.2 Å². The molecule has 0 aliphatic heterocycles. The van der Waals surface area contributed by atoms with Gasteiger partial charge in [-0.1, -0.05) is 54.6 Å². The summed E-state index contributed by atoms with van der Waals surface area (Å²) in [6.07, 6.45) is -0.620. The summed E-state index contributed by atoms with van der Waals surface area (Å²) in [7, 11) is 0. The number of nitrogens with one attached hydrogen (secondary N) is 1.